The van der Waals surface area contributed by atoms with E-state index in [2.05, 4.69) is 0 Å². The first-order chi connectivity index (χ1) is 13.8. The molecular weight excluding hydrogens is 388 g/mol. The van der Waals surface area contributed by atoms with Crippen LogP contribution in [0.4, 0.5) is 17.6 Å². The molecule has 0 aromatic heterocycles. The molecule has 0 atom stereocenters. The van der Waals surface area contributed by atoms with Crippen molar-refractivity contribution in [3.05, 3.63) is 76.6 Å². The number of nitrogens with two attached hydrogens (primary N) is 1. The number of rotatable bonds is 5. The molecular formula is C21H20F4N2O2. The molecule has 2 N–H and O–H groups in total. The SMILES string of the molecule is NCC(=CF)COc1ccc(C(=O)N2CCc3cc(C(F)(F)F)ccc3C2)cc1. The van der Waals surface area contributed by atoms with Gasteiger partial charge in [-0.2, -0.15) is 13.2 Å². The molecule has 154 valence electrons. The predicted octanol–water partition coefficient (Wildman–Crippen LogP) is 4.09. The second kappa shape index (κ2) is 8.65. The average Bonchev–Trinajstić information content (AvgIpc) is 2.73. The van der Waals surface area contributed by atoms with Crippen LogP contribution in [0.1, 0.15) is 27.0 Å². The highest BCUT2D eigenvalue weighted by atomic mass is 19.4. The second-order valence-electron chi connectivity index (χ2n) is 6.74. The molecule has 1 aliphatic heterocycles. The van der Waals surface area contributed by atoms with E-state index in [-0.39, 0.29) is 25.6 Å². The van der Waals surface area contributed by atoms with E-state index in [0.717, 1.165) is 12.1 Å². The molecule has 4 nitrogen and oxygen atoms in total. The van der Waals surface area contributed by atoms with Gasteiger partial charge in [0.05, 0.1) is 11.9 Å². The Kier molecular flexibility index (Phi) is 6.22. The number of nitrogens with zero attached hydrogens (tertiary/aromatic N) is 1. The van der Waals surface area contributed by atoms with Crippen LogP contribution in [0.15, 0.2) is 54.4 Å². The van der Waals surface area contributed by atoms with E-state index in [0.29, 0.717) is 47.3 Å². The highest BCUT2D eigenvalue weighted by molar-refractivity contribution is 5.94. The summed E-state index contributed by atoms with van der Waals surface area (Å²) < 4.78 is 56.5. The topological polar surface area (TPSA) is 55.6 Å². The normalized spacial score (nSPS) is 14.5. The smallest absolute Gasteiger partial charge is 0.416 e. The zero-order chi connectivity index (χ0) is 21.0. The van der Waals surface area contributed by atoms with Crippen molar-refractivity contribution >= 4 is 5.91 Å². The number of amides is 1. The number of carbonyl (C=O) groups excluding carboxylic acids is 1. The minimum atomic E-state index is -4.38. The minimum absolute atomic E-state index is 0.0170. The maximum atomic E-state index is 12.9. The summed E-state index contributed by atoms with van der Waals surface area (Å²) in [7, 11) is 0. The van der Waals surface area contributed by atoms with E-state index in [1.807, 2.05) is 0 Å². The Balaban J connectivity index is 1.66. The fraction of sp³-hybridized carbons (Fsp3) is 0.286. The fourth-order valence-corrected chi connectivity index (χ4v) is 3.09. The van der Waals surface area contributed by atoms with Crippen LogP contribution in [-0.2, 0) is 19.1 Å². The molecule has 0 saturated heterocycles. The molecule has 8 heteroatoms. The zero-order valence-corrected chi connectivity index (χ0v) is 15.5. The molecule has 3 rings (SSSR count). The minimum Gasteiger partial charge on any atom is -0.489 e. The standard InChI is InChI=1S/C21H20F4N2O2/c22-10-14(11-26)13-29-19-5-2-15(3-6-19)20(28)27-8-7-16-9-18(21(23,24)25)4-1-17(16)12-27/h1-6,9-10H,7-8,11-13,26H2. The van der Waals surface area contributed by atoms with Crippen LogP contribution in [0.2, 0.25) is 0 Å². The third-order valence-corrected chi connectivity index (χ3v) is 4.78. The molecule has 2 aromatic carbocycles. The molecule has 0 spiro atoms. The molecule has 1 heterocycles. The summed E-state index contributed by atoms with van der Waals surface area (Å²) in [5, 5.41) is 0. The summed E-state index contributed by atoms with van der Waals surface area (Å²) >= 11 is 0. The maximum absolute atomic E-state index is 12.9. The summed E-state index contributed by atoms with van der Waals surface area (Å²) in [6.45, 7) is 0.662. The fourth-order valence-electron chi connectivity index (χ4n) is 3.09. The van der Waals surface area contributed by atoms with Gasteiger partial charge in [0.1, 0.15) is 12.4 Å². The number of alkyl halides is 3. The third kappa shape index (κ3) is 4.95. The Morgan fingerprint density at radius 1 is 1.14 bits per heavy atom. The van der Waals surface area contributed by atoms with Crippen LogP contribution in [0.3, 0.4) is 0 Å². The van der Waals surface area contributed by atoms with E-state index in [1.165, 1.54) is 6.07 Å². The van der Waals surface area contributed by atoms with Gasteiger partial charge in [-0.05, 0) is 53.9 Å². The number of ether oxygens (including phenoxy) is 1. The molecule has 0 radical (unpaired) electrons. The first-order valence-corrected chi connectivity index (χ1v) is 9.01. The molecule has 1 aliphatic rings. The number of carbonyl (C=O) groups is 1. The summed E-state index contributed by atoms with van der Waals surface area (Å²) in [4.78, 5) is 14.3. The summed E-state index contributed by atoms with van der Waals surface area (Å²) in [5.41, 5.74) is 6.77. The van der Waals surface area contributed by atoms with E-state index in [9.17, 15) is 22.4 Å². The molecule has 0 saturated carbocycles. The first-order valence-electron chi connectivity index (χ1n) is 9.01. The quantitative estimate of drug-likeness (QED) is 0.758. The Bertz CT molecular complexity index is 908. The van der Waals surface area contributed by atoms with Crippen LogP contribution in [-0.4, -0.2) is 30.5 Å². The maximum Gasteiger partial charge on any atom is 0.416 e. The van der Waals surface area contributed by atoms with Gasteiger partial charge >= 0.3 is 6.18 Å². The molecule has 0 unspecified atom stereocenters. The van der Waals surface area contributed by atoms with Gasteiger partial charge in [-0.3, -0.25) is 4.79 Å². The zero-order valence-electron chi connectivity index (χ0n) is 15.5. The van der Waals surface area contributed by atoms with Crippen LogP contribution in [0.25, 0.3) is 0 Å². The summed E-state index contributed by atoms with van der Waals surface area (Å²) in [6, 6.07) is 10.0. The second-order valence-corrected chi connectivity index (χ2v) is 6.74. The summed E-state index contributed by atoms with van der Waals surface area (Å²) in [5.74, 6) is 0.256. The molecule has 0 fully saturated rings. The third-order valence-electron chi connectivity index (χ3n) is 4.78. The van der Waals surface area contributed by atoms with Crippen molar-refractivity contribution in [3.63, 3.8) is 0 Å². The van der Waals surface area contributed by atoms with Gasteiger partial charge in [-0.25, -0.2) is 4.39 Å². The van der Waals surface area contributed by atoms with E-state index in [1.54, 1.807) is 29.2 Å². The predicted molar refractivity (Wildman–Crippen MR) is 100 cm³/mol. The van der Waals surface area contributed by atoms with Crippen molar-refractivity contribution in [2.75, 3.05) is 19.7 Å². The number of fused-ring (bicyclic) bond motifs is 1. The molecule has 0 aliphatic carbocycles. The molecule has 0 bridgehead atoms. The monoisotopic (exact) mass is 408 g/mol. The Morgan fingerprint density at radius 3 is 2.48 bits per heavy atom. The Morgan fingerprint density at radius 2 is 1.86 bits per heavy atom. The average molecular weight is 408 g/mol. The van der Waals surface area contributed by atoms with Gasteiger partial charge in [0, 0.05) is 30.8 Å². The molecule has 29 heavy (non-hydrogen) atoms. The summed E-state index contributed by atoms with van der Waals surface area (Å²) in [6.07, 6.45) is -3.61. The van der Waals surface area contributed by atoms with Crippen molar-refractivity contribution in [3.8, 4) is 5.75 Å². The molecule has 1 amide bonds. The lowest BCUT2D eigenvalue weighted by atomic mass is 9.96. The lowest BCUT2D eigenvalue weighted by molar-refractivity contribution is -0.137. The van der Waals surface area contributed by atoms with Crippen molar-refractivity contribution in [1.29, 1.82) is 0 Å². The molecule has 2 aromatic rings. The van der Waals surface area contributed by atoms with Gasteiger partial charge in [-0.15, -0.1) is 0 Å². The van der Waals surface area contributed by atoms with Crippen LogP contribution in [0.5, 0.6) is 5.75 Å². The van der Waals surface area contributed by atoms with Crippen molar-refractivity contribution in [2.45, 2.75) is 19.1 Å². The number of halogens is 4. The Labute approximate surface area is 165 Å². The van der Waals surface area contributed by atoms with Crippen LogP contribution in [0, 0.1) is 0 Å². The van der Waals surface area contributed by atoms with Crippen molar-refractivity contribution < 1.29 is 27.1 Å². The highest BCUT2D eigenvalue weighted by Crippen LogP contribution is 2.32. The van der Waals surface area contributed by atoms with Gasteiger partial charge in [0.15, 0.2) is 0 Å². The van der Waals surface area contributed by atoms with E-state index >= 15 is 0 Å². The van der Waals surface area contributed by atoms with Gasteiger partial charge < -0.3 is 15.4 Å². The van der Waals surface area contributed by atoms with E-state index in [4.69, 9.17) is 10.5 Å². The first kappa shape index (κ1) is 20.9. The van der Waals surface area contributed by atoms with Gasteiger partial charge in [0.25, 0.3) is 5.91 Å². The van der Waals surface area contributed by atoms with Crippen molar-refractivity contribution in [1.82, 2.24) is 4.90 Å². The number of benzene rings is 2. The van der Waals surface area contributed by atoms with Crippen molar-refractivity contribution in [2.24, 2.45) is 5.73 Å². The van der Waals surface area contributed by atoms with E-state index < -0.39 is 11.7 Å². The number of hydrogen-bond donors (Lipinski definition) is 1. The lowest BCUT2D eigenvalue weighted by Gasteiger charge is -2.29. The van der Waals surface area contributed by atoms with Crippen LogP contribution >= 0.6 is 0 Å². The lowest BCUT2D eigenvalue weighted by Crippen LogP contribution is -2.36. The largest absolute Gasteiger partial charge is 0.489 e. The highest BCUT2D eigenvalue weighted by Gasteiger charge is 2.32. The van der Waals surface area contributed by atoms with Crippen LogP contribution < -0.4 is 10.5 Å². The Hall–Kier alpha value is -2.87. The van der Waals surface area contributed by atoms with Gasteiger partial charge in [-0.1, -0.05) is 6.07 Å². The van der Waals surface area contributed by atoms with Gasteiger partial charge in [0.2, 0.25) is 0 Å². The number of hydrogen-bond acceptors (Lipinski definition) is 3.